The Balaban J connectivity index is 1.82. The third-order valence-corrected chi connectivity index (χ3v) is 4.19. The standard InChI is InChI=1S/C14H14N4O2S/c1-10(19)21-13-8-14(20)17(9-13)11-3-2-4-12(7-11)18-15-5-6-16-18/h2-7,13H,8-9H2,1H3. The maximum Gasteiger partial charge on any atom is 0.228 e. The molecule has 6 nitrogen and oxygen atoms in total. The van der Waals surface area contributed by atoms with E-state index in [4.69, 9.17) is 0 Å². The first-order valence-corrected chi connectivity index (χ1v) is 7.46. The molecule has 1 fully saturated rings. The number of carbonyl (C=O) groups excluding carboxylic acids is 2. The Bertz CT molecular complexity index is 671. The molecule has 1 atom stereocenters. The van der Waals surface area contributed by atoms with Crippen LogP contribution in [0.2, 0.25) is 0 Å². The van der Waals surface area contributed by atoms with Crippen molar-refractivity contribution in [2.75, 3.05) is 11.4 Å². The van der Waals surface area contributed by atoms with Crippen molar-refractivity contribution in [3.8, 4) is 5.69 Å². The van der Waals surface area contributed by atoms with Crippen LogP contribution < -0.4 is 4.90 Å². The number of rotatable bonds is 3. The lowest BCUT2D eigenvalue weighted by molar-refractivity contribution is -0.117. The molecule has 0 saturated carbocycles. The molecule has 1 aromatic heterocycles. The molecule has 0 bridgehead atoms. The SMILES string of the molecule is CC(=O)SC1CC(=O)N(c2cccc(-n3nccn3)c2)C1. The van der Waals surface area contributed by atoms with Crippen molar-refractivity contribution in [3.05, 3.63) is 36.7 Å². The maximum absolute atomic E-state index is 12.1. The largest absolute Gasteiger partial charge is 0.311 e. The van der Waals surface area contributed by atoms with Gasteiger partial charge >= 0.3 is 0 Å². The van der Waals surface area contributed by atoms with Crippen LogP contribution in [-0.4, -0.2) is 37.8 Å². The molecule has 1 saturated heterocycles. The Kier molecular flexibility index (Phi) is 3.74. The Morgan fingerprint density at radius 1 is 1.29 bits per heavy atom. The van der Waals surface area contributed by atoms with Gasteiger partial charge in [-0.2, -0.15) is 15.0 Å². The monoisotopic (exact) mass is 302 g/mol. The van der Waals surface area contributed by atoms with Crippen LogP contribution in [0.4, 0.5) is 5.69 Å². The van der Waals surface area contributed by atoms with Crippen molar-refractivity contribution in [2.45, 2.75) is 18.6 Å². The fourth-order valence-electron chi connectivity index (χ4n) is 2.37. The molecule has 0 aliphatic carbocycles. The molecule has 21 heavy (non-hydrogen) atoms. The van der Waals surface area contributed by atoms with Crippen molar-refractivity contribution < 1.29 is 9.59 Å². The van der Waals surface area contributed by atoms with E-state index in [9.17, 15) is 9.59 Å². The van der Waals surface area contributed by atoms with Gasteiger partial charge in [0.1, 0.15) is 0 Å². The zero-order valence-corrected chi connectivity index (χ0v) is 12.3. The summed E-state index contributed by atoms with van der Waals surface area (Å²) in [7, 11) is 0. The Morgan fingerprint density at radius 2 is 2.00 bits per heavy atom. The van der Waals surface area contributed by atoms with Crippen molar-refractivity contribution in [1.82, 2.24) is 15.0 Å². The van der Waals surface area contributed by atoms with Gasteiger partial charge in [0.15, 0.2) is 5.12 Å². The Hall–Kier alpha value is -2.15. The number of anilines is 1. The highest BCUT2D eigenvalue weighted by molar-refractivity contribution is 8.14. The number of aromatic nitrogens is 3. The van der Waals surface area contributed by atoms with E-state index < -0.39 is 0 Å². The summed E-state index contributed by atoms with van der Waals surface area (Å²) in [4.78, 5) is 26.5. The highest BCUT2D eigenvalue weighted by atomic mass is 32.2. The molecule has 1 aliphatic heterocycles. The van der Waals surface area contributed by atoms with E-state index in [1.807, 2.05) is 24.3 Å². The zero-order valence-electron chi connectivity index (χ0n) is 11.5. The molecule has 2 aromatic rings. The molecule has 1 unspecified atom stereocenters. The average molecular weight is 302 g/mol. The molecule has 1 amide bonds. The Morgan fingerprint density at radius 3 is 2.71 bits per heavy atom. The van der Waals surface area contributed by atoms with Crippen molar-refractivity contribution in [3.63, 3.8) is 0 Å². The highest BCUT2D eigenvalue weighted by Gasteiger charge is 2.31. The third-order valence-electron chi connectivity index (χ3n) is 3.21. The minimum atomic E-state index is 0.0292. The zero-order chi connectivity index (χ0) is 14.8. The molecular formula is C14H14N4O2S. The maximum atomic E-state index is 12.1. The molecule has 1 aromatic carbocycles. The number of benzene rings is 1. The van der Waals surface area contributed by atoms with Crippen LogP contribution >= 0.6 is 11.8 Å². The number of amides is 1. The van der Waals surface area contributed by atoms with Gasteiger partial charge < -0.3 is 4.90 Å². The summed E-state index contributed by atoms with van der Waals surface area (Å²) in [6, 6.07) is 7.50. The first-order valence-electron chi connectivity index (χ1n) is 6.58. The molecule has 0 spiro atoms. The summed E-state index contributed by atoms with van der Waals surface area (Å²) in [6.45, 7) is 2.08. The molecule has 0 N–H and O–H groups in total. The molecule has 0 radical (unpaired) electrons. The molecule has 7 heteroatoms. The molecule has 1 aliphatic rings. The summed E-state index contributed by atoms with van der Waals surface area (Å²) < 4.78 is 0. The lowest BCUT2D eigenvalue weighted by Gasteiger charge is -2.17. The van der Waals surface area contributed by atoms with E-state index in [1.165, 1.54) is 23.5 Å². The van der Waals surface area contributed by atoms with Crippen LogP contribution in [0.5, 0.6) is 0 Å². The van der Waals surface area contributed by atoms with E-state index in [0.29, 0.717) is 13.0 Å². The summed E-state index contributed by atoms with van der Waals surface area (Å²) in [5.74, 6) is 0.0410. The van der Waals surface area contributed by atoms with Crippen molar-refractivity contribution in [1.29, 1.82) is 0 Å². The lowest BCUT2D eigenvalue weighted by Crippen LogP contribution is -2.25. The quantitative estimate of drug-likeness (QED) is 0.862. The summed E-state index contributed by atoms with van der Waals surface area (Å²) >= 11 is 1.23. The smallest absolute Gasteiger partial charge is 0.228 e. The first-order chi connectivity index (χ1) is 10.1. The highest BCUT2D eigenvalue weighted by Crippen LogP contribution is 2.29. The fraction of sp³-hybridized carbons (Fsp3) is 0.286. The second-order valence-corrected chi connectivity index (χ2v) is 6.26. The molecule has 108 valence electrons. The summed E-state index contributed by atoms with van der Waals surface area (Å²) in [6.07, 6.45) is 3.61. The predicted octanol–water partition coefficient (Wildman–Crippen LogP) is 1.65. The first kappa shape index (κ1) is 13.8. The van der Waals surface area contributed by atoms with E-state index >= 15 is 0 Å². The lowest BCUT2D eigenvalue weighted by atomic mass is 10.2. The normalized spacial score (nSPS) is 18.2. The van der Waals surface area contributed by atoms with Gasteiger partial charge in [-0.25, -0.2) is 0 Å². The van der Waals surface area contributed by atoms with Crippen LogP contribution in [0, 0.1) is 0 Å². The van der Waals surface area contributed by atoms with Crippen LogP contribution in [0.1, 0.15) is 13.3 Å². The van der Waals surface area contributed by atoms with Crippen LogP contribution in [0.15, 0.2) is 36.7 Å². The topological polar surface area (TPSA) is 68.1 Å². The van der Waals surface area contributed by atoms with E-state index in [2.05, 4.69) is 10.2 Å². The van der Waals surface area contributed by atoms with Crippen LogP contribution in [0.3, 0.4) is 0 Å². The minimum absolute atomic E-state index is 0.0292. The van der Waals surface area contributed by atoms with E-state index in [1.54, 1.807) is 17.3 Å². The Labute approximate surface area is 126 Å². The number of hydrogen-bond acceptors (Lipinski definition) is 5. The number of carbonyl (C=O) groups is 2. The average Bonchev–Trinajstić information content (AvgIpc) is 3.08. The van der Waals surface area contributed by atoms with Gasteiger partial charge in [-0.1, -0.05) is 17.8 Å². The van der Waals surface area contributed by atoms with Gasteiger partial charge in [-0.15, -0.1) is 0 Å². The third kappa shape index (κ3) is 2.97. The second-order valence-electron chi connectivity index (χ2n) is 4.78. The van der Waals surface area contributed by atoms with E-state index in [-0.39, 0.29) is 16.3 Å². The van der Waals surface area contributed by atoms with Crippen LogP contribution in [0.25, 0.3) is 5.69 Å². The molecule has 3 rings (SSSR count). The fourth-order valence-corrected chi connectivity index (χ4v) is 3.29. The van der Waals surface area contributed by atoms with Gasteiger partial charge in [0.25, 0.3) is 0 Å². The second kappa shape index (κ2) is 5.69. The predicted molar refractivity (Wildman–Crippen MR) is 80.4 cm³/mol. The van der Waals surface area contributed by atoms with Gasteiger partial charge in [-0.3, -0.25) is 9.59 Å². The minimum Gasteiger partial charge on any atom is -0.311 e. The molecular weight excluding hydrogens is 288 g/mol. The van der Waals surface area contributed by atoms with Crippen molar-refractivity contribution >= 4 is 28.5 Å². The number of nitrogens with zero attached hydrogens (tertiary/aromatic N) is 4. The summed E-state index contributed by atoms with van der Waals surface area (Å²) in [5.41, 5.74) is 1.61. The van der Waals surface area contributed by atoms with Gasteiger partial charge in [0.2, 0.25) is 5.91 Å². The molecule has 2 heterocycles. The van der Waals surface area contributed by atoms with Gasteiger partial charge in [0, 0.05) is 30.8 Å². The van der Waals surface area contributed by atoms with E-state index in [0.717, 1.165) is 11.4 Å². The van der Waals surface area contributed by atoms with Gasteiger partial charge in [0.05, 0.1) is 18.1 Å². The number of hydrogen-bond donors (Lipinski definition) is 0. The van der Waals surface area contributed by atoms with Gasteiger partial charge in [-0.05, 0) is 18.2 Å². The van der Waals surface area contributed by atoms with Crippen LogP contribution in [-0.2, 0) is 9.59 Å². The number of thioether (sulfide) groups is 1. The van der Waals surface area contributed by atoms with Crippen molar-refractivity contribution in [2.24, 2.45) is 0 Å². The summed E-state index contributed by atoms with van der Waals surface area (Å²) in [5, 5.41) is 8.24.